The molecule has 1 N–H and O–H groups in total. The lowest BCUT2D eigenvalue weighted by Gasteiger charge is -2.32. The van der Waals surface area contributed by atoms with E-state index in [1.54, 1.807) is 31.2 Å². The summed E-state index contributed by atoms with van der Waals surface area (Å²) in [7, 11) is -3.57. The van der Waals surface area contributed by atoms with Crippen molar-refractivity contribution in [3.63, 3.8) is 0 Å². The van der Waals surface area contributed by atoms with Crippen molar-refractivity contribution in [2.24, 2.45) is 5.92 Å². The van der Waals surface area contributed by atoms with Crippen LogP contribution in [0.25, 0.3) is 0 Å². The van der Waals surface area contributed by atoms with Crippen LogP contribution in [0.15, 0.2) is 47.4 Å². The van der Waals surface area contributed by atoms with Crippen LogP contribution in [0.5, 0.6) is 0 Å². The van der Waals surface area contributed by atoms with E-state index in [1.807, 2.05) is 0 Å². The molecule has 0 saturated carbocycles. The van der Waals surface area contributed by atoms with Gasteiger partial charge in [-0.15, -0.1) is 0 Å². The number of sulfonamides is 1. The first-order valence-corrected chi connectivity index (χ1v) is 11.0. The van der Waals surface area contributed by atoms with Crippen LogP contribution in [0.1, 0.15) is 31.2 Å². The Bertz CT molecular complexity index is 995. The average molecular weight is 422 g/mol. The zero-order chi connectivity index (χ0) is 21.0. The van der Waals surface area contributed by atoms with Crippen LogP contribution >= 0.6 is 0 Å². The zero-order valence-electron chi connectivity index (χ0n) is 16.2. The van der Waals surface area contributed by atoms with Crippen LogP contribution in [0, 0.1) is 24.5 Å². The third-order valence-electron chi connectivity index (χ3n) is 5.18. The minimum absolute atomic E-state index is 0.0678. The third-order valence-corrected chi connectivity index (χ3v) is 7.20. The number of hydrogen-bond acceptors (Lipinski definition) is 3. The monoisotopic (exact) mass is 422 g/mol. The summed E-state index contributed by atoms with van der Waals surface area (Å²) < 4.78 is 53.6. The number of halogens is 2. The Balaban J connectivity index is 1.57. The summed E-state index contributed by atoms with van der Waals surface area (Å²) >= 11 is 0. The molecule has 0 bridgehead atoms. The Morgan fingerprint density at radius 1 is 1.17 bits per heavy atom. The molecule has 1 aliphatic rings. The van der Waals surface area contributed by atoms with Gasteiger partial charge in [-0.05, 0) is 55.9 Å². The Morgan fingerprint density at radius 3 is 2.66 bits per heavy atom. The molecule has 0 aliphatic carbocycles. The minimum atomic E-state index is -3.57. The summed E-state index contributed by atoms with van der Waals surface area (Å²) in [5.41, 5.74) is 0.904. The lowest BCUT2D eigenvalue weighted by molar-refractivity contribution is -0.116. The molecular formula is C21H24F2N2O3S. The Kier molecular flexibility index (Phi) is 6.64. The number of hydrogen-bond donors (Lipinski definition) is 1. The van der Waals surface area contributed by atoms with Crippen molar-refractivity contribution in [1.29, 1.82) is 0 Å². The molecule has 0 radical (unpaired) electrons. The molecule has 1 saturated heterocycles. The molecule has 29 heavy (non-hydrogen) atoms. The summed E-state index contributed by atoms with van der Waals surface area (Å²) in [4.78, 5) is 12.5. The van der Waals surface area contributed by atoms with E-state index in [0.29, 0.717) is 30.0 Å². The highest BCUT2D eigenvalue weighted by molar-refractivity contribution is 7.89. The number of benzene rings is 2. The van der Waals surface area contributed by atoms with E-state index in [-0.39, 0.29) is 23.9 Å². The van der Waals surface area contributed by atoms with Crippen molar-refractivity contribution < 1.29 is 22.0 Å². The SMILES string of the molecule is Cc1ccccc1S(=O)(=O)N1CCCC(CCC(=O)Nc2ccc(F)c(F)c2)C1. The minimum Gasteiger partial charge on any atom is -0.326 e. The molecule has 1 amide bonds. The van der Waals surface area contributed by atoms with E-state index in [2.05, 4.69) is 5.32 Å². The molecule has 3 rings (SSSR count). The van der Waals surface area contributed by atoms with Crippen molar-refractivity contribution in [2.45, 2.75) is 37.5 Å². The van der Waals surface area contributed by atoms with Gasteiger partial charge in [0, 0.05) is 31.3 Å². The molecular weight excluding hydrogens is 398 g/mol. The van der Waals surface area contributed by atoms with E-state index >= 15 is 0 Å². The van der Waals surface area contributed by atoms with E-state index in [1.165, 1.54) is 10.4 Å². The van der Waals surface area contributed by atoms with Gasteiger partial charge in [0.25, 0.3) is 0 Å². The Labute approximate surface area is 169 Å². The van der Waals surface area contributed by atoms with Crippen molar-refractivity contribution in [3.05, 3.63) is 59.7 Å². The normalized spacial score (nSPS) is 17.8. The number of aryl methyl sites for hydroxylation is 1. The first-order chi connectivity index (χ1) is 13.8. The van der Waals surface area contributed by atoms with E-state index in [4.69, 9.17) is 0 Å². The number of carbonyl (C=O) groups is 1. The highest BCUT2D eigenvalue weighted by Gasteiger charge is 2.31. The molecule has 1 unspecified atom stereocenters. The summed E-state index contributed by atoms with van der Waals surface area (Å²) in [5, 5.41) is 2.55. The van der Waals surface area contributed by atoms with Crippen LogP contribution in [-0.2, 0) is 14.8 Å². The molecule has 1 atom stereocenters. The third kappa shape index (κ3) is 5.19. The van der Waals surface area contributed by atoms with Crippen molar-refractivity contribution in [2.75, 3.05) is 18.4 Å². The first kappa shape index (κ1) is 21.4. The van der Waals surface area contributed by atoms with Crippen LogP contribution in [0.2, 0.25) is 0 Å². The van der Waals surface area contributed by atoms with Gasteiger partial charge in [-0.3, -0.25) is 4.79 Å². The number of rotatable bonds is 6. The summed E-state index contributed by atoms with van der Waals surface area (Å²) in [6.07, 6.45) is 2.29. The molecule has 8 heteroatoms. The summed E-state index contributed by atoms with van der Waals surface area (Å²) in [5.74, 6) is -2.24. The fourth-order valence-electron chi connectivity index (χ4n) is 3.60. The number of anilines is 1. The predicted octanol–water partition coefficient (Wildman–Crippen LogP) is 4.09. The number of nitrogens with one attached hydrogen (secondary N) is 1. The largest absolute Gasteiger partial charge is 0.326 e. The second kappa shape index (κ2) is 9.00. The number of piperidine rings is 1. The van der Waals surface area contributed by atoms with Gasteiger partial charge in [0.2, 0.25) is 15.9 Å². The van der Waals surface area contributed by atoms with Gasteiger partial charge in [0.1, 0.15) is 0 Å². The van der Waals surface area contributed by atoms with E-state index in [9.17, 15) is 22.0 Å². The molecule has 1 aliphatic heterocycles. The first-order valence-electron chi connectivity index (χ1n) is 9.58. The molecule has 1 fully saturated rings. The highest BCUT2D eigenvalue weighted by atomic mass is 32.2. The second-order valence-electron chi connectivity index (χ2n) is 7.35. The lowest BCUT2D eigenvalue weighted by atomic mass is 9.94. The molecule has 0 spiro atoms. The quantitative estimate of drug-likeness (QED) is 0.762. The summed E-state index contributed by atoms with van der Waals surface area (Å²) in [6.45, 7) is 2.61. The fourth-order valence-corrected chi connectivity index (χ4v) is 5.38. The number of amides is 1. The van der Waals surface area contributed by atoms with Gasteiger partial charge in [0.15, 0.2) is 11.6 Å². The molecule has 2 aromatic carbocycles. The van der Waals surface area contributed by atoms with Crippen LogP contribution in [0.3, 0.4) is 0 Å². The Hall–Kier alpha value is -2.32. The molecule has 5 nitrogen and oxygen atoms in total. The fraction of sp³-hybridized carbons (Fsp3) is 0.381. The topological polar surface area (TPSA) is 66.5 Å². The lowest BCUT2D eigenvalue weighted by Crippen LogP contribution is -2.40. The maximum atomic E-state index is 13.2. The Morgan fingerprint density at radius 2 is 1.93 bits per heavy atom. The van der Waals surface area contributed by atoms with Crippen LogP contribution in [0.4, 0.5) is 14.5 Å². The van der Waals surface area contributed by atoms with E-state index < -0.39 is 21.7 Å². The van der Waals surface area contributed by atoms with Crippen molar-refractivity contribution in [1.82, 2.24) is 4.31 Å². The number of carbonyl (C=O) groups excluding carboxylic acids is 1. The molecule has 1 heterocycles. The molecule has 156 valence electrons. The van der Waals surface area contributed by atoms with Gasteiger partial charge in [-0.1, -0.05) is 18.2 Å². The zero-order valence-corrected chi connectivity index (χ0v) is 17.0. The number of nitrogens with zero attached hydrogens (tertiary/aromatic N) is 1. The van der Waals surface area contributed by atoms with Gasteiger partial charge in [-0.25, -0.2) is 17.2 Å². The highest BCUT2D eigenvalue weighted by Crippen LogP contribution is 2.27. The smallest absolute Gasteiger partial charge is 0.243 e. The average Bonchev–Trinajstić information content (AvgIpc) is 2.70. The summed E-state index contributed by atoms with van der Waals surface area (Å²) in [6, 6.07) is 10.1. The standard InChI is InChI=1S/C21H24F2N2O3S/c1-15-5-2-3-7-20(15)29(27,28)25-12-4-6-16(14-25)8-11-21(26)24-17-9-10-18(22)19(23)13-17/h2-3,5,7,9-10,13,16H,4,6,8,11-12,14H2,1H3,(H,24,26). The van der Waals surface area contributed by atoms with Gasteiger partial charge < -0.3 is 5.32 Å². The predicted molar refractivity (Wildman–Crippen MR) is 107 cm³/mol. The van der Waals surface area contributed by atoms with Crippen molar-refractivity contribution in [3.8, 4) is 0 Å². The van der Waals surface area contributed by atoms with Gasteiger partial charge >= 0.3 is 0 Å². The van der Waals surface area contributed by atoms with Crippen LogP contribution in [-0.4, -0.2) is 31.7 Å². The van der Waals surface area contributed by atoms with Crippen molar-refractivity contribution >= 4 is 21.6 Å². The van der Waals surface area contributed by atoms with Gasteiger partial charge in [0.05, 0.1) is 4.90 Å². The molecule has 2 aromatic rings. The molecule has 0 aromatic heterocycles. The maximum absolute atomic E-state index is 13.2. The van der Waals surface area contributed by atoms with E-state index in [0.717, 1.165) is 25.0 Å². The van der Waals surface area contributed by atoms with Crippen LogP contribution < -0.4 is 5.32 Å². The van der Waals surface area contributed by atoms with Gasteiger partial charge in [-0.2, -0.15) is 4.31 Å². The maximum Gasteiger partial charge on any atom is 0.243 e. The second-order valence-corrected chi connectivity index (χ2v) is 9.26.